The van der Waals surface area contributed by atoms with Crippen LogP contribution in [0.4, 0.5) is 0 Å². The molecule has 0 radical (unpaired) electrons. The van der Waals surface area contributed by atoms with E-state index < -0.39 is 11.5 Å². The lowest BCUT2D eigenvalue weighted by molar-refractivity contribution is 0.0936. The van der Waals surface area contributed by atoms with Gasteiger partial charge in [0, 0.05) is 12.1 Å². The molecule has 0 aliphatic carbocycles. The minimum atomic E-state index is -0.446. The Morgan fingerprint density at radius 1 is 1.33 bits per heavy atom. The Hall–Kier alpha value is -2.44. The van der Waals surface area contributed by atoms with Crippen LogP contribution in [0.5, 0.6) is 0 Å². The van der Waals surface area contributed by atoms with Crippen molar-refractivity contribution < 1.29 is 4.79 Å². The lowest BCUT2D eigenvalue weighted by Gasteiger charge is -2.13. The van der Waals surface area contributed by atoms with Crippen LogP contribution in [-0.2, 0) is 0 Å². The van der Waals surface area contributed by atoms with Gasteiger partial charge in [-0.25, -0.2) is 4.98 Å². The summed E-state index contributed by atoms with van der Waals surface area (Å²) in [5.41, 5.74) is 0.826. The molecule has 3 N–H and O–H groups in total. The van der Waals surface area contributed by atoms with Gasteiger partial charge in [0.15, 0.2) is 0 Å². The van der Waals surface area contributed by atoms with Crippen LogP contribution in [0.1, 0.15) is 60.3 Å². The van der Waals surface area contributed by atoms with Crippen LogP contribution in [-0.4, -0.2) is 26.1 Å². The third-order valence-corrected chi connectivity index (χ3v) is 3.23. The molecule has 0 spiro atoms. The smallest absolute Gasteiger partial charge is 0.264 e. The van der Waals surface area contributed by atoms with Crippen LogP contribution in [0.3, 0.4) is 0 Å². The largest absolute Gasteiger partial charge is 0.344 e. The zero-order valence-corrected chi connectivity index (χ0v) is 12.5. The number of amides is 1. The van der Waals surface area contributed by atoms with Gasteiger partial charge in [-0.05, 0) is 19.9 Å². The van der Waals surface area contributed by atoms with Gasteiger partial charge >= 0.3 is 0 Å². The van der Waals surface area contributed by atoms with Gasteiger partial charge in [0.25, 0.3) is 11.5 Å². The molecule has 2 aromatic heterocycles. The van der Waals surface area contributed by atoms with Gasteiger partial charge in [0.1, 0.15) is 11.4 Å². The number of rotatable bonds is 4. The maximum Gasteiger partial charge on any atom is 0.264 e. The first-order valence-electron chi connectivity index (χ1n) is 6.81. The highest BCUT2D eigenvalue weighted by Crippen LogP contribution is 2.11. The SMILES string of the molecule is Cc1nc(C(C)C)[nH]c(=O)c1C(=O)NC(C)c1ccn[nH]1. The Bertz CT molecular complexity index is 688. The van der Waals surface area contributed by atoms with Gasteiger partial charge in [-0.15, -0.1) is 0 Å². The number of aromatic amines is 2. The molecule has 7 heteroatoms. The van der Waals surface area contributed by atoms with E-state index in [2.05, 4.69) is 25.5 Å². The predicted molar refractivity (Wildman–Crippen MR) is 78.2 cm³/mol. The molecule has 1 amide bonds. The van der Waals surface area contributed by atoms with Crippen molar-refractivity contribution in [2.45, 2.75) is 39.7 Å². The Morgan fingerprint density at radius 3 is 2.57 bits per heavy atom. The summed E-state index contributed by atoms with van der Waals surface area (Å²) >= 11 is 0. The van der Waals surface area contributed by atoms with Gasteiger partial charge in [-0.3, -0.25) is 14.7 Å². The van der Waals surface area contributed by atoms with Gasteiger partial charge in [-0.2, -0.15) is 5.10 Å². The molecule has 0 fully saturated rings. The maximum atomic E-state index is 12.3. The summed E-state index contributed by atoms with van der Waals surface area (Å²) in [6.07, 6.45) is 1.61. The quantitative estimate of drug-likeness (QED) is 0.791. The number of aromatic nitrogens is 4. The Balaban J connectivity index is 2.26. The van der Waals surface area contributed by atoms with E-state index in [1.807, 2.05) is 20.8 Å². The first kappa shape index (κ1) is 15.0. The molecule has 0 saturated carbocycles. The second-order valence-corrected chi connectivity index (χ2v) is 5.27. The van der Waals surface area contributed by atoms with Crippen LogP contribution in [0.25, 0.3) is 0 Å². The fourth-order valence-electron chi connectivity index (χ4n) is 2.00. The second-order valence-electron chi connectivity index (χ2n) is 5.27. The highest BCUT2D eigenvalue weighted by molar-refractivity contribution is 5.95. The summed E-state index contributed by atoms with van der Waals surface area (Å²) in [7, 11) is 0. The van der Waals surface area contributed by atoms with E-state index >= 15 is 0 Å². The van der Waals surface area contributed by atoms with Crippen molar-refractivity contribution in [1.29, 1.82) is 0 Å². The molecule has 1 atom stereocenters. The number of aryl methyl sites for hydroxylation is 1. The molecule has 21 heavy (non-hydrogen) atoms. The van der Waals surface area contributed by atoms with E-state index in [4.69, 9.17) is 0 Å². The lowest BCUT2D eigenvalue weighted by atomic mass is 10.1. The normalized spacial score (nSPS) is 12.4. The summed E-state index contributed by atoms with van der Waals surface area (Å²) in [6.45, 7) is 7.33. The summed E-state index contributed by atoms with van der Waals surface area (Å²) < 4.78 is 0. The topological polar surface area (TPSA) is 104 Å². The number of nitrogens with zero attached hydrogens (tertiary/aromatic N) is 2. The van der Waals surface area contributed by atoms with Crippen molar-refractivity contribution in [3.63, 3.8) is 0 Å². The van der Waals surface area contributed by atoms with Crippen molar-refractivity contribution >= 4 is 5.91 Å². The van der Waals surface area contributed by atoms with Crippen molar-refractivity contribution in [3.05, 3.63) is 45.4 Å². The van der Waals surface area contributed by atoms with Crippen LogP contribution in [0, 0.1) is 6.92 Å². The summed E-state index contributed by atoms with van der Waals surface area (Å²) in [5.74, 6) is 0.228. The average Bonchev–Trinajstić information content (AvgIpc) is 2.91. The molecular weight excluding hydrogens is 270 g/mol. The highest BCUT2D eigenvalue weighted by Gasteiger charge is 2.19. The van der Waals surface area contributed by atoms with Crippen molar-refractivity contribution in [2.24, 2.45) is 0 Å². The zero-order valence-electron chi connectivity index (χ0n) is 12.5. The van der Waals surface area contributed by atoms with E-state index in [0.29, 0.717) is 11.5 Å². The fraction of sp³-hybridized carbons (Fsp3) is 0.429. The van der Waals surface area contributed by atoms with Crippen LogP contribution < -0.4 is 10.9 Å². The Labute approximate surface area is 122 Å². The van der Waals surface area contributed by atoms with Gasteiger partial charge in [-0.1, -0.05) is 13.8 Å². The van der Waals surface area contributed by atoms with Crippen LogP contribution >= 0.6 is 0 Å². The minimum Gasteiger partial charge on any atom is -0.344 e. The fourth-order valence-corrected chi connectivity index (χ4v) is 2.00. The second kappa shape index (κ2) is 5.90. The first-order valence-corrected chi connectivity index (χ1v) is 6.81. The standard InChI is InChI=1S/C14H19N5O2/c1-7(2)12-16-9(4)11(14(21)18-12)13(20)17-8(3)10-5-6-15-19-10/h5-8H,1-4H3,(H,15,19)(H,17,20)(H,16,18,21). The molecule has 0 saturated heterocycles. The van der Waals surface area contributed by atoms with Gasteiger partial charge < -0.3 is 10.3 Å². The highest BCUT2D eigenvalue weighted by atomic mass is 16.2. The first-order chi connectivity index (χ1) is 9.90. The average molecular weight is 289 g/mol. The number of carbonyl (C=O) groups excluding carboxylic acids is 1. The molecule has 112 valence electrons. The number of H-pyrrole nitrogens is 2. The Morgan fingerprint density at radius 2 is 2.05 bits per heavy atom. The third-order valence-electron chi connectivity index (χ3n) is 3.23. The number of hydrogen-bond acceptors (Lipinski definition) is 4. The third kappa shape index (κ3) is 3.18. The van der Waals surface area contributed by atoms with Gasteiger partial charge in [0.05, 0.1) is 17.4 Å². The van der Waals surface area contributed by atoms with Crippen molar-refractivity contribution in [1.82, 2.24) is 25.5 Å². The minimum absolute atomic E-state index is 0.0470. The molecule has 2 heterocycles. The number of carbonyl (C=O) groups is 1. The van der Waals surface area contributed by atoms with Gasteiger partial charge in [0.2, 0.25) is 0 Å². The van der Waals surface area contributed by atoms with E-state index in [9.17, 15) is 9.59 Å². The number of nitrogens with one attached hydrogen (secondary N) is 3. The molecule has 2 rings (SSSR count). The predicted octanol–water partition coefficient (Wildman–Crippen LogP) is 1.42. The molecule has 1 unspecified atom stereocenters. The van der Waals surface area contributed by atoms with Crippen LogP contribution in [0.2, 0.25) is 0 Å². The summed E-state index contributed by atoms with van der Waals surface area (Å²) in [6, 6.07) is 1.49. The zero-order chi connectivity index (χ0) is 15.6. The monoisotopic (exact) mass is 289 g/mol. The number of hydrogen-bond donors (Lipinski definition) is 3. The van der Waals surface area contributed by atoms with E-state index in [0.717, 1.165) is 5.69 Å². The van der Waals surface area contributed by atoms with Crippen LogP contribution in [0.15, 0.2) is 17.1 Å². The van der Waals surface area contributed by atoms with E-state index in [1.165, 1.54) is 0 Å². The molecule has 7 nitrogen and oxygen atoms in total. The molecule has 2 aromatic rings. The van der Waals surface area contributed by atoms with E-state index in [1.54, 1.807) is 19.2 Å². The lowest BCUT2D eigenvalue weighted by Crippen LogP contribution is -2.34. The maximum absolute atomic E-state index is 12.3. The van der Waals surface area contributed by atoms with Crippen molar-refractivity contribution in [2.75, 3.05) is 0 Å². The summed E-state index contributed by atoms with van der Waals surface area (Å²) in [4.78, 5) is 31.3. The summed E-state index contributed by atoms with van der Waals surface area (Å²) in [5, 5.41) is 9.37. The van der Waals surface area contributed by atoms with Crippen molar-refractivity contribution in [3.8, 4) is 0 Å². The molecular formula is C14H19N5O2. The molecule has 0 aromatic carbocycles. The molecule has 0 aliphatic heterocycles. The Kier molecular flexibility index (Phi) is 4.21. The molecule has 0 aliphatic rings. The van der Waals surface area contributed by atoms with E-state index in [-0.39, 0.29) is 17.5 Å². The molecule has 0 bridgehead atoms.